The number of likely N-dealkylation sites (tertiary alicyclic amines) is 1. The number of anilines is 1. The fourth-order valence-corrected chi connectivity index (χ4v) is 6.84. The van der Waals surface area contributed by atoms with Crippen molar-refractivity contribution in [2.75, 3.05) is 18.4 Å². The summed E-state index contributed by atoms with van der Waals surface area (Å²) in [6.45, 7) is 6.97. The van der Waals surface area contributed by atoms with Crippen LogP contribution in [0.5, 0.6) is 0 Å². The predicted octanol–water partition coefficient (Wildman–Crippen LogP) is 7.72. The molecule has 3 amide bonds. The van der Waals surface area contributed by atoms with E-state index in [1.807, 2.05) is 78.3 Å². The van der Waals surface area contributed by atoms with Crippen LogP contribution in [-0.4, -0.2) is 67.7 Å². The monoisotopic (exact) mass is 697 g/mol. The van der Waals surface area contributed by atoms with Crippen LogP contribution < -0.4 is 10.6 Å². The van der Waals surface area contributed by atoms with Crippen molar-refractivity contribution < 1.29 is 18.7 Å². The van der Waals surface area contributed by atoms with Gasteiger partial charge in [0.05, 0.1) is 18.1 Å². The molecule has 0 bridgehead atoms. The minimum atomic E-state index is -1.47. The maximum atomic E-state index is 15.1. The molecule has 52 heavy (non-hydrogen) atoms. The van der Waals surface area contributed by atoms with Crippen LogP contribution in [0.15, 0.2) is 122 Å². The van der Waals surface area contributed by atoms with E-state index in [0.717, 1.165) is 33.3 Å². The maximum absolute atomic E-state index is 15.1. The molecule has 4 heterocycles. The van der Waals surface area contributed by atoms with Crippen molar-refractivity contribution in [3.05, 3.63) is 144 Å². The molecule has 2 N–H and O–H groups in total. The summed E-state index contributed by atoms with van der Waals surface area (Å²) in [4.78, 5) is 36.3. The molecule has 10 nitrogen and oxygen atoms in total. The summed E-state index contributed by atoms with van der Waals surface area (Å²) in [6, 6.07) is 34.7. The number of carbonyl (C=O) groups excluding carboxylic acids is 2. The van der Waals surface area contributed by atoms with Gasteiger partial charge in [-0.3, -0.25) is 10.3 Å². The summed E-state index contributed by atoms with van der Waals surface area (Å²) >= 11 is 0. The summed E-state index contributed by atoms with van der Waals surface area (Å²) in [7, 11) is 0. The Labute approximate surface area is 301 Å². The number of nitrogens with zero attached hydrogens (tertiary/aromatic N) is 5. The number of aryl methyl sites for hydroxylation is 1. The lowest BCUT2D eigenvalue weighted by atomic mass is 9.77. The van der Waals surface area contributed by atoms with Gasteiger partial charge >= 0.3 is 12.1 Å². The molecule has 0 aliphatic carbocycles. The second kappa shape index (κ2) is 13.9. The number of fused-ring (bicyclic) bond motifs is 1. The van der Waals surface area contributed by atoms with Crippen LogP contribution in [-0.2, 0) is 10.3 Å². The Kier molecular flexibility index (Phi) is 9.18. The van der Waals surface area contributed by atoms with Crippen LogP contribution in [0.2, 0.25) is 0 Å². The van der Waals surface area contributed by atoms with Gasteiger partial charge in [-0.25, -0.2) is 23.6 Å². The molecule has 7 rings (SSSR count). The van der Waals surface area contributed by atoms with Gasteiger partial charge in [0.1, 0.15) is 28.8 Å². The number of pyridine rings is 2. The van der Waals surface area contributed by atoms with Gasteiger partial charge in [-0.1, -0.05) is 91.0 Å². The third kappa shape index (κ3) is 6.69. The van der Waals surface area contributed by atoms with E-state index in [1.54, 1.807) is 39.2 Å². The van der Waals surface area contributed by atoms with E-state index >= 15 is 4.39 Å². The highest BCUT2D eigenvalue weighted by atomic mass is 19.1. The van der Waals surface area contributed by atoms with Crippen molar-refractivity contribution in [1.29, 1.82) is 0 Å². The zero-order chi connectivity index (χ0) is 36.5. The normalized spacial score (nSPS) is 16.1. The molecule has 0 radical (unpaired) electrons. The maximum Gasteiger partial charge on any atom is 0.410 e. The average Bonchev–Trinajstić information content (AvgIpc) is 3.69. The summed E-state index contributed by atoms with van der Waals surface area (Å²) in [5, 5.41) is 11.6. The lowest BCUT2D eigenvalue weighted by molar-refractivity contribution is 0.0282. The van der Waals surface area contributed by atoms with Crippen LogP contribution in [0.3, 0.4) is 0 Å². The van der Waals surface area contributed by atoms with Crippen molar-refractivity contribution in [3.8, 4) is 11.3 Å². The number of aromatic nitrogens is 4. The number of rotatable bonds is 7. The average molecular weight is 698 g/mol. The molecule has 2 atom stereocenters. The highest BCUT2D eigenvalue weighted by Gasteiger charge is 2.42. The third-order valence-corrected chi connectivity index (χ3v) is 9.09. The van der Waals surface area contributed by atoms with E-state index in [1.165, 1.54) is 4.90 Å². The van der Waals surface area contributed by atoms with Crippen LogP contribution >= 0.6 is 0 Å². The van der Waals surface area contributed by atoms with Crippen LogP contribution in [0.25, 0.3) is 22.2 Å². The number of nitrogens with one attached hydrogen (secondary N) is 2. The smallest absolute Gasteiger partial charge is 0.410 e. The quantitative estimate of drug-likeness (QED) is 0.165. The van der Waals surface area contributed by atoms with Gasteiger partial charge in [0, 0.05) is 41.6 Å². The Morgan fingerprint density at radius 1 is 0.827 bits per heavy atom. The molecule has 6 aromatic rings. The van der Waals surface area contributed by atoms with Crippen molar-refractivity contribution in [2.45, 2.75) is 51.0 Å². The highest BCUT2D eigenvalue weighted by Crippen LogP contribution is 2.44. The van der Waals surface area contributed by atoms with Crippen LogP contribution in [0.4, 0.5) is 19.8 Å². The number of ether oxygens (including phenoxy) is 1. The Morgan fingerprint density at radius 3 is 1.98 bits per heavy atom. The molecule has 1 aliphatic heterocycles. The second-order valence-corrected chi connectivity index (χ2v) is 13.9. The van der Waals surface area contributed by atoms with Gasteiger partial charge in [0.25, 0.3) is 0 Å². The number of hydrogen-bond donors (Lipinski definition) is 2. The molecule has 3 aromatic carbocycles. The molecule has 11 heteroatoms. The first-order valence-corrected chi connectivity index (χ1v) is 17.2. The van der Waals surface area contributed by atoms with Crippen molar-refractivity contribution in [3.63, 3.8) is 0 Å². The molecular weight excluding hydrogens is 657 g/mol. The van der Waals surface area contributed by atoms with E-state index in [0.29, 0.717) is 11.2 Å². The SMILES string of the molecule is Cc1cc(-c2nn(C(c3ccccc3)(c3ccccc3)c3ccccc3)c3cc(NC(=O)N[C@H]4CN(C(=O)OC(C)(C)C)C[C@@H]4F)ncc23)ccn1. The lowest BCUT2D eigenvalue weighted by Gasteiger charge is -2.37. The summed E-state index contributed by atoms with van der Waals surface area (Å²) in [6.07, 6.45) is 1.36. The van der Waals surface area contributed by atoms with E-state index < -0.39 is 35.5 Å². The van der Waals surface area contributed by atoms with Gasteiger partial charge in [0.2, 0.25) is 0 Å². The van der Waals surface area contributed by atoms with Gasteiger partial charge < -0.3 is 15.0 Å². The third-order valence-electron chi connectivity index (χ3n) is 9.09. The number of carbonyl (C=O) groups is 2. The zero-order valence-corrected chi connectivity index (χ0v) is 29.5. The molecule has 1 fully saturated rings. The number of benzene rings is 3. The summed E-state index contributed by atoms with van der Waals surface area (Å²) < 4.78 is 22.5. The van der Waals surface area contributed by atoms with Gasteiger partial charge in [0.15, 0.2) is 0 Å². The first-order chi connectivity index (χ1) is 25.0. The van der Waals surface area contributed by atoms with Crippen molar-refractivity contribution in [1.82, 2.24) is 30.0 Å². The van der Waals surface area contributed by atoms with Crippen LogP contribution in [0, 0.1) is 6.92 Å². The van der Waals surface area contributed by atoms with Crippen molar-refractivity contribution in [2.24, 2.45) is 0 Å². The Bertz CT molecular complexity index is 2110. The predicted molar refractivity (Wildman–Crippen MR) is 199 cm³/mol. The van der Waals surface area contributed by atoms with Crippen LogP contribution in [0.1, 0.15) is 43.2 Å². The summed E-state index contributed by atoms with van der Waals surface area (Å²) in [5.74, 6) is 0.240. The fourth-order valence-electron chi connectivity index (χ4n) is 6.84. The van der Waals surface area contributed by atoms with Crippen molar-refractivity contribution >= 4 is 28.8 Å². The Hall–Kier alpha value is -6.10. The number of hydrogen-bond acceptors (Lipinski definition) is 6. The first-order valence-electron chi connectivity index (χ1n) is 17.2. The zero-order valence-electron chi connectivity index (χ0n) is 29.5. The van der Waals surface area contributed by atoms with Gasteiger partial charge in [-0.15, -0.1) is 0 Å². The second-order valence-electron chi connectivity index (χ2n) is 13.9. The molecule has 0 unspecified atom stereocenters. The van der Waals surface area contributed by atoms with E-state index in [2.05, 4.69) is 57.0 Å². The fraction of sp³-hybridized carbons (Fsp3) is 0.244. The molecular formula is C41H40FN7O3. The molecule has 1 aliphatic rings. The standard InChI is InChI=1S/C41H40FN7O3/c1-27-22-28(20-21-43-27)37-32-24-44-36(46-38(50)45-34-26-48(25-33(34)42)39(51)52-40(2,3)4)23-35(32)49(47-37)41(29-14-8-5-9-15-29,30-16-10-6-11-17-30)31-18-12-7-13-19-31/h5-24,33-34H,25-26H2,1-4H3,(H2,44,45,46,50)/t33-,34-/m0/s1. The molecule has 264 valence electrons. The molecule has 0 saturated carbocycles. The van der Waals surface area contributed by atoms with E-state index in [9.17, 15) is 9.59 Å². The highest BCUT2D eigenvalue weighted by molar-refractivity contribution is 5.97. The number of urea groups is 1. The number of halogens is 1. The van der Waals surface area contributed by atoms with Gasteiger partial charge in [-0.05, 0) is 56.5 Å². The minimum absolute atomic E-state index is 0.0226. The number of alkyl halides is 1. The Balaban J connectivity index is 1.34. The molecule has 0 spiro atoms. The van der Waals surface area contributed by atoms with E-state index in [-0.39, 0.29) is 18.9 Å². The Morgan fingerprint density at radius 2 is 1.42 bits per heavy atom. The number of amides is 3. The minimum Gasteiger partial charge on any atom is -0.444 e. The van der Waals surface area contributed by atoms with Gasteiger partial charge in [-0.2, -0.15) is 5.10 Å². The molecule has 3 aromatic heterocycles. The largest absolute Gasteiger partial charge is 0.444 e. The molecule has 1 saturated heterocycles. The summed E-state index contributed by atoms with van der Waals surface area (Å²) in [5.41, 5.74) is 4.35. The topological polar surface area (TPSA) is 114 Å². The first kappa shape index (κ1) is 34.4. The van der Waals surface area contributed by atoms with E-state index in [4.69, 9.17) is 9.84 Å². The lowest BCUT2D eigenvalue weighted by Crippen LogP contribution is -2.44.